The zero-order valence-corrected chi connectivity index (χ0v) is 13.6. The van der Waals surface area contributed by atoms with Gasteiger partial charge in [-0.2, -0.15) is 0 Å². The average Bonchev–Trinajstić information content (AvgIpc) is 2.99. The van der Waals surface area contributed by atoms with E-state index in [2.05, 4.69) is 34.3 Å². The van der Waals surface area contributed by atoms with Crippen LogP contribution in [0, 0.1) is 0 Å². The van der Waals surface area contributed by atoms with Crippen molar-refractivity contribution in [3.63, 3.8) is 0 Å². The van der Waals surface area contributed by atoms with Crippen molar-refractivity contribution in [2.75, 3.05) is 24.6 Å². The molecule has 1 aliphatic carbocycles. The van der Waals surface area contributed by atoms with Crippen molar-refractivity contribution >= 4 is 18.2 Å². The van der Waals surface area contributed by atoms with E-state index in [1.54, 1.807) is 0 Å². The SMILES string of the molecule is CC1CN(c2ccc(CNC3CCCC3)cn2)CCO1.Cl. The van der Waals surface area contributed by atoms with Gasteiger partial charge in [0.05, 0.1) is 12.7 Å². The summed E-state index contributed by atoms with van der Waals surface area (Å²) in [7, 11) is 0. The first-order valence-electron chi connectivity index (χ1n) is 7.86. The quantitative estimate of drug-likeness (QED) is 0.928. The van der Waals surface area contributed by atoms with Crippen molar-refractivity contribution in [2.24, 2.45) is 0 Å². The van der Waals surface area contributed by atoms with Gasteiger partial charge in [0.1, 0.15) is 5.82 Å². The first-order valence-corrected chi connectivity index (χ1v) is 7.86. The topological polar surface area (TPSA) is 37.4 Å². The van der Waals surface area contributed by atoms with Gasteiger partial charge in [0.2, 0.25) is 0 Å². The fourth-order valence-electron chi connectivity index (χ4n) is 3.13. The second kappa shape index (κ2) is 7.97. The number of morpholine rings is 1. The average molecular weight is 312 g/mol. The van der Waals surface area contributed by atoms with E-state index in [0.717, 1.165) is 38.1 Å². The van der Waals surface area contributed by atoms with Crippen molar-refractivity contribution in [3.8, 4) is 0 Å². The third-order valence-electron chi connectivity index (χ3n) is 4.32. The molecule has 3 rings (SSSR count). The summed E-state index contributed by atoms with van der Waals surface area (Å²) in [5, 5.41) is 3.63. The van der Waals surface area contributed by atoms with Gasteiger partial charge < -0.3 is 15.0 Å². The van der Waals surface area contributed by atoms with E-state index in [0.29, 0.717) is 6.10 Å². The molecular weight excluding hydrogens is 286 g/mol. The molecule has 0 aromatic carbocycles. The van der Waals surface area contributed by atoms with Crippen LogP contribution in [-0.4, -0.2) is 36.8 Å². The number of nitrogens with one attached hydrogen (secondary N) is 1. The summed E-state index contributed by atoms with van der Waals surface area (Å²) in [5.74, 6) is 1.07. The van der Waals surface area contributed by atoms with Crippen LogP contribution in [0.1, 0.15) is 38.2 Å². The highest BCUT2D eigenvalue weighted by molar-refractivity contribution is 5.85. The second-order valence-electron chi connectivity index (χ2n) is 6.01. The number of rotatable bonds is 4. The molecule has 1 saturated heterocycles. The zero-order valence-electron chi connectivity index (χ0n) is 12.8. The van der Waals surface area contributed by atoms with Crippen LogP contribution in [0.4, 0.5) is 5.82 Å². The Balaban J connectivity index is 0.00000161. The van der Waals surface area contributed by atoms with Gasteiger partial charge in [0.25, 0.3) is 0 Å². The number of ether oxygens (including phenoxy) is 1. The summed E-state index contributed by atoms with van der Waals surface area (Å²) in [5.41, 5.74) is 1.28. The third-order valence-corrected chi connectivity index (χ3v) is 4.32. The number of hydrogen-bond donors (Lipinski definition) is 1. The van der Waals surface area contributed by atoms with Crippen molar-refractivity contribution < 1.29 is 4.74 Å². The van der Waals surface area contributed by atoms with Crippen LogP contribution in [-0.2, 0) is 11.3 Å². The van der Waals surface area contributed by atoms with Crippen LogP contribution in [0.15, 0.2) is 18.3 Å². The van der Waals surface area contributed by atoms with Gasteiger partial charge in [0.15, 0.2) is 0 Å². The molecule has 0 radical (unpaired) electrons. The van der Waals surface area contributed by atoms with Gasteiger partial charge in [-0.1, -0.05) is 18.9 Å². The van der Waals surface area contributed by atoms with E-state index >= 15 is 0 Å². The van der Waals surface area contributed by atoms with Crippen LogP contribution in [0.3, 0.4) is 0 Å². The molecule has 1 saturated carbocycles. The largest absolute Gasteiger partial charge is 0.375 e. The van der Waals surface area contributed by atoms with Crippen molar-refractivity contribution in [1.29, 1.82) is 0 Å². The Labute approximate surface area is 133 Å². The third kappa shape index (κ3) is 4.56. The van der Waals surface area contributed by atoms with E-state index in [4.69, 9.17) is 4.74 Å². The maximum atomic E-state index is 5.57. The lowest BCUT2D eigenvalue weighted by atomic mass is 10.2. The summed E-state index contributed by atoms with van der Waals surface area (Å²) in [4.78, 5) is 6.92. The van der Waals surface area contributed by atoms with Gasteiger partial charge in [-0.05, 0) is 31.4 Å². The summed E-state index contributed by atoms with van der Waals surface area (Å²) in [6.45, 7) is 5.74. The number of halogens is 1. The van der Waals surface area contributed by atoms with Crippen LogP contribution in [0.25, 0.3) is 0 Å². The number of anilines is 1. The van der Waals surface area contributed by atoms with E-state index in [1.807, 2.05) is 6.20 Å². The molecule has 1 aliphatic heterocycles. The molecular formula is C16H26ClN3O. The fourth-order valence-corrected chi connectivity index (χ4v) is 3.13. The molecule has 1 unspecified atom stereocenters. The molecule has 0 amide bonds. The Morgan fingerprint density at radius 2 is 2.14 bits per heavy atom. The minimum atomic E-state index is 0. The first-order chi connectivity index (χ1) is 9.81. The molecule has 5 heteroatoms. The van der Waals surface area contributed by atoms with E-state index in [-0.39, 0.29) is 12.4 Å². The minimum absolute atomic E-state index is 0. The minimum Gasteiger partial charge on any atom is -0.375 e. The highest BCUT2D eigenvalue weighted by Gasteiger charge is 2.18. The Morgan fingerprint density at radius 3 is 2.81 bits per heavy atom. The Bertz CT molecular complexity index is 420. The Kier molecular flexibility index (Phi) is 6.27. The molecule has 0 bridgehead atoms. The molecule has 0 spiro atoms. The number of aromatic nitrogens is 1. The summed E-state index contributed by atoms with van der Waals surface area (Å²) >= 11 is 0. The van der Waals surface area contributed by atoms with Crippen LogP contribution < -0.4 is 10.2 Å². The van der Waals surface area contributed by atoms with Crippen molar-refractivity contribution in [3.05, 3.63) is 23.9 Å². The van der Waals surface area contributed by atoms with Crippen molar-refractivity contribution in [2.45, 2.75) is 51.3 Å². The van der Waals surface area contributed by atoms with E-state index in [9.17, 15) is 0 Å². The number of nitrogens with zero attached hydrogens (tertiary/aromatic N) is 2. The fraction of sp³-hybridized carbons (Fsp3) is 0.688. The molecule has 1 aromatic rings. The van der Waals surface area contributed by atoms with Crippen LogP contribution in [0.5, 0.6) is 0 Å². The number of pyridine rings is 1. The van der Waals surface area contributed by atoms with Crippen molar-refractivity contribution in [1.82, 2.24) is 10.3 Å². The highest BCUT2D eigenvalue weighted by Crippen LogP contribution is 2.19. The molecule has 2 heterocycles. The predicted molar refractivity (Wildman–Crippen MR) is 88.2 cm³/mol. The Hall–Kier alpha value is -0.840. The van der Waals surface area contributed by atoms with E-state index in [1.165, 1.54) is 31.2 Å². The standard InChI is InChI=1S/C16H25N3O.ClH/c1-13-12-19(8-9-20-13)16-7-6-14(11-18-16)10-17-15-4-2-3-5-15;/h6-7,11,13,15,17H,2-5,8-10,12H2,1H3;1H. The normalized spacial score (nSPS) is 23.1. The first kappa shape index (κ1) is 16.5. The highest BCUT2D eigenvalue weighted by atomic mass is 35.5. The summed E-state index contributed by atoms with van der Waals surface area (Å²) < 4.78 is 5.57. The lowest BCUT2D eigenvalue weighted by molar-refractivity contribution is 0.0529. The second-order valence-corrected chi connectivity index (χ2v) is 6.01. The lowest BCUT2D eigenvalue weighted by Gasteiger charge is -2.32. The maximum absolute atomic E-state index is 5.57. The maximum Gasteiger partial charge on any atom is 0.128 e. The smallest absolute Gasteiger partial charge is 0.128 e. The monoisotopic (exact) mass is 311 g/mol. The molecule has 1 atom stereocenters. The predicted octanol–water partition coefficient (Wildman–Crippen LogP) is 2.76. The van der Waals surface area contributed by atoms with Gasteiger partial charge in [-0.3, -0.25) is 0 Å². The molecule has 1 N–H and O–H groups in total. The molecule has 1 aromatic heterocycles. The lowest BCUT2D eigenvalue weighted by Crippen LogP contribution is -2.41. The van der Waals surface area contributed by atoms with Gasteiger partial charge in [0, 0.05) is 31.9 Å². The summed E-state index contributed by atoms with van der Waals surface area (Å²) in [6, 6.07) is 5.06. The molecule has 4 nitrogen and oxygen atoms in total. The van der Waals surface area contributed by atoms with Crippen LogP contribution >= 0.6 is 12.4 Å². The molecule has 118 valence electrons. The summed E-state index contributed by atoms with van der Waals surface area (Å²) in [6.07, 6.45) is 7.73. The molecule has 2 aliphatic rings. The molecule has 21 heavy (non-hydrogen) atoms. The number of hydrogen-bond acceptors (Lipinski definition) is 4. The van der Waals surface area contributed by atoms with Crippen LogP contribution in [0.2, 0.25) is 0 Å². The molecule has 2 fully saturated rings. The zero-order chi connectivity index (χ0) is 13.8. The van der Waals surface area contributed by atoms with E-state index < -0.39 is 0 Å². The van der Waals surface area contributed by atoms with Gasteiger partial charge >= 0.3 is 0 Å². The van der Waals surface area contributed by atoms with Gasteiger partial charge in [-0.15, -0.1) is 12.4 Å². The Morgan fingerprint density at radius 1 is 1.33 bits per heavy atom. The van der Waals surface area contributed by atoms with Gasteiger partial charge in [-0.25, -0.2) is 4.98 Å².